The van der Waals surface area contributed by atoms with Crippen LogP contribution < -0.4 is 5.32 Å². The Morgan fingerprint density at radius 1 is 1.39 bits per heavy atom. The number of carbonyl (C=O) groups excluding carboxylic acids is 1. The van der Waals surface area contributed by atoms with Crippen molar-refractivity contribution in [2.45, 2.75) is 11.4 Å². The van der Waals surface area contributed by atoms with E-state index in [9.17, 15) is 4.79 Å². The Balaban J connectivity index is 1.92. The van der Waals surface area contributed by atoms with Crippen LogP contribution in [0.5, 0.6) is 0 Å². The largest absolute Gasteiger partial charge is 0.348 e. The summed E-state index contributed by atoms with van der Waals surface area (Å²) in [5.74, 6) is -0.1000. The van der Waals surface area contributed by atoms with E-state index < -0.39 is 0 Å². The van der Waals surface area contributed by atoms with Crippen molar-refractivity contribution >= 4 is 17.7 Å². The predicted octanol–water partition coefficient (Wildman–Crippen LogP) is 2.07. The van der Waals surface area contributed by atoms with Crippen LogP contribution in [0.15, 0.2) is 41.6 Å². The number of nitrogens with one attached hydrogen (secondary N) is 1. The second kappa shape index (κ2) is 5.73. The van der Waals surface area contributed by atoms with E-state index in [1.165, 1.54) is 4.90 Å². The minimum absolute atomic E-state index is 0.1000. The fourth-order valence-corrected chi connectivity index (χ4v) is 1.97. The van der Waals surface area contributed by atoms with Gasteiger partial charge in [-0.15, -0.1) is 11.8 Å². The number of nitrogens with zero attached hydrogens (tertiary/aromatic N) is 2. The van der Waals surface area contributed by atoms with Crippen LogP contribution >= 0.6 is 11.8 Å². The number of benzene rings is 1. The first-order valence-electron chi connectivity index (χ1n) is 5.59. The van der Waals surface area contributed by atoms with Crippen molar-refractivity contribution in [1.29, 1.82) is 0 Å². The summed E-state index contributed by atoms with van der Waals surface area (Å²) in [6.07, 6.45) is 5.30. The second-order valence-corrected chi connectivity index (χ2v) is 4.81. The molecule has 0 aliphatic heterocycles. The van der Waals surface area contributed by atoms with Crippen molar-refractivity contribution in [3.05, 3.63) is 47.8 Å². The maximum Gasteiger partial charge on any atom is 0.254 e. The molecule has 0 aliphatic rings. The second-order valence-electron chi connectivity index (χ2n) is 3.93. The number of carbonyl (C=O) groups is 1. The quantitative estimate of drug-likeness (QED) is 0.857. The number of thioether (sulfide) groups is 1. The minimum atomic E-state index is -0.1000. The predicted molar refractivity (Wildman–Crippen MR) is 72.6 cm³/mol. The molecule has 0 saturated heterocycles. The Labute approximate surface area is 110 Å². The Hall–Kier alpha value is -1.75. The standard InChI is InChI=1S/C13H15N3OS/c1-16-9-11(8-15-16)13(17)14-7-10-3-5-12(18-2)6-4-10/h3-6,8-9H,7H2,1-2H3,(H,14,17). The molecular formula is C13H15N3OS. The third-order valence-electron chi connectivity index (χ3n) is 2.58. The highest BCUT2D eigenvalue weighted by atomic mass is 32.2. The van der Waals surface area contributed by atoms with E-state index in [0.717, 1.165) is 5.56 Å². The van der Waals surface area contributed by atoms with Crippen molar-refractivity contribution in [1.82, 2.24) is 15.1 Å². The van der Waals surface area contributed by atoms with Gasteiger partial charge in [0.15, 0.2) is 0 Å². The molecule has 0 atom stereocenters. The molecule has 4 nitrogen and oxygen atoms in total. The zero-order valence-corrected chi connectivity index (χ0v) is 11.2. The molecule has 2 rings (SSSR count). The number of amides is 1. The molecule has 0 spiro atoms. The van der Waals surface area contributed by atoms with Crippen molar-refractivity contribution in [3.8, 4) is 0 Å². The van der Waals surface area contributed by atoms with Crippen LogP contribution in [0.2, 0.25) is 0 Å². The Kier molecular flexibility index (Phi) is 4.04. The number of aryl methyl sites for hydroxylation is 1. The lowest BCUT2D eigenvalue weighted by atomic mass is 10.2. The van der Waals surface area contributed by atoms with Gasteiger partial charge in [0.25, 0.3) is 5.91 Å². The van der Waals surface area contributed by atoms with E-state index in [-0.39, 0.29) is 5.91 Å². The van der Waals surface area contributed by atoms with E-state index in [4.69, 9.17) is 0 Å². The van der Waals surface area contributed by atoms with Gasteiger partial charge in [0, 0.05) is 24.7 Å². The molecule has 0 saturated carbocycles. The number of hydrogen-bond acceptors (Lipinski definition) is 3. The Morgan fingerprint density at radius 3 is 2.67 bits per heavy atom. The highest BCUT2D eigenvalue weighted by molar-refractivity contribution is 7.98. The van der Waals surface area contributed by atoms with Crippen molar-refractivity contribution < 1.29 is 4.79 Å². The molecule has 0 aliphatic carbocycles. The summed E-state index contributed by atoms with van der Waals surface area (Å²) in [6.45, 7) is 0.530. The van der Waals surface area contributed by atoms with Gasteiger partial charge in [0.2, 0.25) is 0 Å². The van der Waals surface area contributed by atoms with Crippen LogP contribution in [0.25, 0.3) is 0 Å². The van der Waals surface area contributed by atoms with Crippen LogP contribution in [-0.2, 0) is 13.6 Å². The van der Waals surface area contributed by atoms with Gasteiger partial charge >= 0.3 is 0 Å². The van der Waals surface area contributed by atoms with Gasteiger partial charge in [-0.3, -0.25) is 9.48 Å². The summed E-state index contributed by atoms with van der Waals surface area (Å²) in [4.78, 5) is 13.0. The van der Waals surface area contributed by atoms with Gasteiger partial charge in [0.05, 0.1) is 11.8 Å². The molecule has 1 aromatic carbocycles. The Morgan fingerprint density at radius 2 is 2.11 bits per heavy atom. The van der Waals surface area contributed by atoms with Gasteiger partial charge < -0.3 is 5.32 Å². The maximum atomic E-state index is 11.8. The summed E-state index contributed by atoms with van der Waals surface area (Å²) in [6, 6.07) is 8.15. The molecule has 1 heterocycles. The first kappa shape index (κ1) is 12.7. The lowest BCUT2D eigenvalue weighted by molar-refractivity contribution is 0.0951. The van der Waals surface area contributed by atoms with Crippen molar-refractivity contribution in [2.24, 2.45) is 7.05 Å². The molecule has 2 aromatic rings. The molecule has 18 heavy (non-hydrogen) atoms. The molecule has 0 radical (unpaired) electrons. The fraction of sp³-hybridized carbons (Fsp3) is 0.231. The maximum absolute atomic E-state index is 11.8. The van der Waals surface area contributed by atoms with E-state index in [2.05, 4.69) is 22.5 Å². The lowest BCUT2D eigenvalue weighted by Gasteiger charge is -2.04. The topological polar surface area (TPSA) is 46.9 Å². The van der Waals surface area contributed by atoms with Gasteiger partial charge in [-0.25, -0.2) is 0 Å². The van der Waals surface area contributed by atoms with Crippen molar-refractivity contribution in [2.75, 3.05) is 6.26 Å². The number of rotatable bonds is 4. The third-order valence-corrected chi connectivity index (χ3v) is 3.32. The Bertz CT molecular complexity index is 533. The van der Waals surface area contributed by atoms with Crippen LogP contribution in [-0.4, -0.2) is 21.9 Å². The molecule has 1 N–H and O–H groups in total. The molecule has 0 unspecified atom stereocenters. The SMILES string of the molecule is CSc1ccc(CNC(=O)c2cnn(C)c2)cc1. The summed E-state index contributed by atoms with van der Waals surface area (Å²) < 4.78 is 1.61. The van der Waals surface area contributed by atoms with Gasteiger partial charge in [-0.05, 0) is 24.0 Å². The molecule has 1 amide bonds. The molecule has 5 heteroatoms. The fourth-order valence-electron chi connectivity index (χ4n) is 1.57. The van der Waals surface area contributed by atoms with E-state index in [0.29, 0.717) is 12.1 Å². The molecule has 1 aromatic heterocycles. The van der Waals surface area contributed by atoms with Gasteiger partial charge in [0.1, 0.15) is 0 Å². The summed E-state index contributed by atoms with van der Waals surface area (Å²) in [5, 5.41) is 6.84. The summed E-state index contributed by atoms with van der Waals surface area (Å²) in [5.41, 5.74) is 1.67. The normalized spacial score (nSPS) is 10.3. The highest BCUT2D eigenvalue weighted by Gasteiger charge is 2.06. The molecular weight excluding hydrogens is 246 g/mol. The lowest BCUT2D eigenvalue weighted by Crippen LogP contribution is -2.22. The molecule has 0 fully saturated rings. The zero-order valence-electron chi connectivity index (χ0n) is 10.4. The van der Waals surface area contributed by atoms with Crippen LogP contribution in [0, 0.1) is 0 Å². The third kappa shape index (κ3) is 3.13. The minimum Gasteiger partial charge on any atom is -0.348 e. The first-order chi connectivity index (χ1) is 8.69. The zero-order chi connectivity index (χ0) is 13.0. The first-order valence-corrected chi connectivity index (χ1v) is 6.81. The molecule has 94 valence electrons. The van der Waals surface area contributed by atoms with Crippen LogP contribution in [0.4, 0.5) is 0 Å². The highest BCUT2D eigenvalue weighted by Crippen LogP contribution is 2.14. The smallest absolute Gasteiger partial charge is 0.254 e. The molecule has 0 bridgehead atoms. The van der Waals surface area contributed by atoms with Crippen LogP contribution in [0.1, 0.15) is 15.9 Å². The van der Waals surface area contributed by atoms with Crippen LogP contribution in [0.3, 0.4) is 0 Å². The summed E-state index contributed by atoms with van der Waals surface area (Å²) >= 11 is 1.70. The average molecular weight is 261 g/mol. The van der Waals surface area contributed by atoms with E-state index in [1.54, 1.807) is 35.9 Å². The number of hydrogen-bond donors (Lipinski definition) is 1. The van der Waals surface area contributed by atoms with Gasteiger partial charge in [-0.2, -0.15) is 5.10 Å². The average Bonchev–Trinajstić information content (AvgIpc) is 2.83. The van der Waals surface area contributed by atoms with Gasteiger partial charge in [-0.1, -0.05) is 12.1 Å². The monoisotopic (exact) mass is 261 g/mol. The van der Waals surface area contributed by atoms with E-state index in [1.807, 2.05) is 18.4 Å². The number of aromatic nitrogens is 2. The van der Waals surface area contributed by atoms with Crippen molar-refractivity contribution in [3.63, 3.8) is 0 Å². The summed E-state index contributed by atoms with van der Waals surface area (Å²) in [7, 11) is 1.79. The van der Waals surface area contributed by atoms with E-state index >= 15 is 0 Å².